The molecule has 1 rings (SSSR count). The van der Waals surface area contributed by atoms with Gasteiger partial charge in [-0.05, 0) is 38.1 Å². The zero-order valence-electron chi connectivity index (χ0n) is 11.0. The average molecular weight is 306 g/mol. The number of nitrogens with zero attached hydrogens (tertiary/aromatic N) is 1. The molecule has 7 heteroatoms. The van der Waals surface area contributed by atoms with Crippen LogP contribution in [0.1, 0.15) is 13.8 Å². The molecule has 1 atom stereocenters. The van der Waals surface area contributed by atoms with Gasteiger partial charge in [-0.25, -0.2) is 13.2 Å². The van der Waals surface area contributed by atoms with Crippen molar-refractivity contribution in [3.8, 4) is 0 Å². The van der Waals surface area contributed by atoms with E-state index in [4.69, 9.17) is 16.3 Å². The number of hydrogen-bond acceptors (Lipinski definition) is 4. The Morgan fingerprint density at radius 3 is 2.32 bits per heavy atom. The van der Waals surface area contributed by atoms with Crippen molar-refractivity contribution in [3.63, 3.8) is 0 Å². The second-order valence-corrected chi connectivity index (χ2v) is 6.26. The Morgan fingerprint density at radius 1 is 1.37 bits per heavy atom. The van der Waals surface area contributed by atoms with Crippen molar-refractivity contribution in [1.29, 1.82) is 0 Å². The van der Waals surface area contributed by atoms with Gasteiger partial charge in [-0.1, -0.05) is 11.6 Å². The summed E-state index contributed by atoms with van der Waals surface area (Å²) in [6.07, 6.45) is 1.04. The van der Waals surface area contributed by atoms with Crippen LogP contribution in [-0.4, -0.2) is 33.3 Å². The summed E-state index contributed by atoms with van der Waals surface area (Å²) in [5.74, 6) is -0.595. The highest BCUT2D eigenvalue weighted by molar-refractivity contribution is 7.92. The molecular weight excluding hydrogens is 290 g/mol. The van der Waals surface area contributed by atoms with Crippen molar-refractivity contribution in [1.82, 2.24) is 0 Å². The predicted molar refractivity (Wildman–Crippen MR) is 74.9 cm³/mol. The Labute approximate surface area is 118 Å². The van der Waals surface area contributed by atoms with E-state index in [-0.39, 0.29) is 6.61 Å². The number of carbonyl (C=O) groups excluding carboxylic acids is 1. The van der Waals surface area contributed by atoms with E-state index in [0.717, 1.165) is 10.6 Å². The average Bonchev–Trinajstić information content (AvgIpc) is 2.30. The van der Waals surface area contributed by atoms with Crippen molar-refractivity contribution >= 4 is 33.3 Å². The SMILES string of the molecule is CCOC(=O)[C@@H](C)N(c1ccc(Cl)cc1)S(C)(=O)=O. The Morgan fingerprint density at radius 2 is 1.89 bits per heavy atom. The smallest absolute Gasteiger partial charge is 0.329 e. The fourth-order valence-corrected chi connectivity index (χ4v) is 2.94. The lowest BCUT2D eigenvalue weighted by Crippen LogP contribution is -2.43. The highest BCUT2D eigenvalue weighted by Crippen LogP contribution is 2.23. The van der Waals surface area contributed by atoms with Crippen LogP contribution in [0.25, 0.3) is 0 Å². The van der Waals surface area contributed by atoms with E-state index >= 15 is 0 Å². The maximum absolute atomic E-state index is 11.9. The fourth-order valence-electron chi connectivity index (χ4n) is 1.65. The number of sulfonamides is 1. The van der Waals surface area contributed by atoms with Gasteiger partial charge in [0.15, 0.2) is 0 Å². The van der Waals surface area contributed by atoms with Crippen LogP contribution >= 0.6 is 11.6 Å². The van der Waals surface area contributed by atoms with Crippen molar-refractivity contribution in [2.24, 2.45) is 0 Å². The van der Waals surface area contributed by atoms with Gasteiger partial charge in [-0.2, -0.15) is 0 Å². The minimum Gasteiger partial charge on any atom is -0.464 e. The van der Waals surface area contributed by atoms with Crippen molar-refractivity contribution in [2.75, 3.05) is 17.2 Å². The molecule has 0 aliphatic carbocycles. The van der Waals surface area contributed by atoms with Crippen LogP contribution in [0.4, 0.5) is 5.69 Å². The maximum Gasteiger partial charge on any atom is 0.329 e. The molecule has 0 N–H and O–H groups in total. The van der Waals surface area contributed by atoms with Gasteiger partial charge in [0.05, 0.1) is 18.6 Å². The summed E-state index contributed by atoms with van der Waals surface area (Å²) >= 11 is 5.76. The number of carbonyl (C=O) groups is 1. The van der Waals surface area contributed by atoms with Crippen molar-refractivity contribution < 1.29 is 17.9 Å². The Hall–Kier alpha value is -1.27. The van der Waals surface area contributed by atoms with Gasteiger partial charge in [0.25, 0.3) is 0 Å². The van der Waals surface area contributed by atoms with Crippen LogP contribution in [0.3, 0.4) is 0 Å². The third-order valence-corrected chi connectivity index (χ3v) is 3.91. The van der Waals surface area contributed by atoms with Gasteiger partial charge in [0.1, 0.15) is 6.04 Å². The number of rotatable bonds is 5. The molecular formula is C12H16ClNO4S. The highest BCUT2D eigenvalue weighted by atomic mass is 35.5. The third-order valence-electron chi connectivity index (χ3n) is 2.42. The molecule has 5 nitrogen and oxygen atoms in total. The first kappa shape index (κ1) is 15.8. The number of hydrogen-bond donors (Lipinski definition) is 0. The first-order valence-electron chi connectivity index (χ1n) is 5.69. The maximum atomic E-state index is 11.9. The molecule has 0 saturated carbocycles. The summed E-state index contributed by atoms with van der Waals surface area (Å²) in [5.41, 5.74) is 0.368. The van der Waals surface area contributed by atoms with Crippen LogP contribution in [0.2, 0.25) is 5.02 Å². The largest absolute Gasteiger partial charge is 0.464 e. The molecule has 0 radical (unpaired) electrons. The van der Waals surface area contributed by atoms with E-state index in [9.17, 15) is 13.2 Å². The van der Waals surface area contributed by atoms with Crippen molar-refractivity contribution in [2.45, 2.75) is 19.9 Å². The lowest BCUT2D eigenvalue weighted by molar-refractivity contribution is -0.144. The first-order chi connectivity index (χ1) is 8.77. The molecule has 0 heterocycles. The van der Waals surface area contributed by atoms with Crippen LogP contribution in [-0.2, 0) is 19.6 Å². The molecule has 1 aromatic carbocycles. The number of esters is 1. The minimum absolute atomic E-state index is 0.196. The molecule has 0 unspecified atom stereocenters. The fraction of sp³-hybridized carbons (Fsp3) is 0.417. The monoisotopic (exact) mass is 305 g/mol. The normalized spacial score (nSPS) is 12.8. The topological polar surface area (TPSA) is 63.7 Å². The molecule has 0 aliphatic heterocycles. The summed E-state index contributed by atoms with van der Waals surface area (Å²) in [6, 6.07) is 5.27. The molecule has 0 saturated heterocycles. The minimum atomic E-state index is -3.60. The van der Waals surface area contributed by atoms with E-state index in [0.29, 0.717) is 10.7 Å². The predicted octanol–water partition coefficient (Wildman–Crippen LogP) is 2.06. The van der Waals surface area contributed by atoms with Crippen LogP contribution in [0.5, 0.6) is 0 Å². The first-order valence-corrected chi connectivity index (χ1v) is 7.91. The summed E-state index contributed by atoms with van der Waals surface area (Å²) in [4.78, 5) is 11.7. The quantitative estimate of drug-likeness (QED) is 0.781. The lowest BCUT2D eigenvalue weighted by atomic mass is 10.2. The number of ether oxygens (including phenoxy) is 1. The molecule has 0 spiro atoms. The molecule has 0 aromatic heterocycles. The summed E-state index contributed by atoms with van der Waals surface area (Å²) in [5, 5.41) is 0.487. The third kappa shape index (κ3) is 4.11. The van der Waals surface area contributed by atoms with Gasteiger partial charge in [0, 0.05) is 5.02 Å². The summed E-state index contributed by atoms with van der Waals surface area (Å²) < 4.78 is 29.6. The van der Waals surface area contributed by atoms with E-state index in [1.165, 1.54) is 6.92 Å². The Kier molecular flexibility index (Phi) is 5.20. The molecule has 0 fully saturated rings. The Bertz CT molecular complexity index is 541. The highest BCUT2D eigenvalue weighted by Gasteiger charge is 2.29. The van der Waals surface area contributed by atoms with E-state index < -0.39 is 22.0 Å². The van der Waals surface area contributed by atoms with Gasteiger partial charge >= 0.3 is 5.97 Å². The molecule has 1 aromatic rings. The molecule has 0 amide bonds. The number of anilines is 1. The van der Waals surface area contributed by atoms with E-state index in [2.05, 4.69) is 0 Å². The molecule has 19 heavy (non-hydrogen) atoms. The standard InChI is InChI=1S/C12H16ClNO4S/c1-4-18-12(15)9(2)14(19(3,16)17)11-7-5-10(13)6-8-11/h5-9H,4H2,1-3H3/t9-/m1/s1. The van der Waals surface area contributed by atoms with Gasteiger partial charge in [0.2, 0.25) is 10.0 Å². The zero-order valence-corrected chi connectivity index (χ0v) is 12.5. The molecule has 0 bridgehead atoms. The number of halogens is 1. The van der Waals surface area contributed by atoms with Gasteiger partial charge < -0.3 is 4.74 Å². The summed E-state index contributed by atoms with van der Waals surface area (Å²) in [7, 11) is -3.60. The number of benzene rings is 1. The Balaban J connectivity index is 3.16. The zero-order chi connectivity index (χ0) is 14.6. The van der Waals surface area contributed by atoms with Gasteiger partial charge in [-0.15, -0.1) is 0 Å². The second-order valence-electron chi connectivity index (χ2n) is 3.96. The van der Waals surface area contributed by atoms with Crippen LogP contribution in [0, 0.1) is 0 Å². The second kappa shape index (κ2) is 6.25. The molecule has 106 valence electrons. The van der Waals surface area contributed by atoms with E-state index in [1.807, 2.05) is 0 Å². The van der Waals surface area contributed by atoms with Crippen LogP contribution in [0.15, 0.2) is 24.3 Å². The molecule has 0 aliphatic rings. The van der Waals surface area contributed by atoms with Crippen molar-refractivity contribution in [3.05, 3.63) is 29.3 Å². The lowest BCUT2D eigenvalue weighted by Gasteiger charge is -2.27. The van der Waals surface area contributed by atoms with Gasteiger partial charge in [-0.3, -0.25) is 4.31 Å². The van der Waals surface area contributed by atoms with E-state index in [1.54, 1.807) is 31.2 Å². The van der Waals surface area contributed by atoms with Crippen LogP contribution < -0.4 is 4.31 Å². The summed E-state index contributed by atoms with van der Waals surface area (Å²) in [6.45, 7) is 3.34.